The van der Waals surface area contributed by atoms with Gasteiger partial charge in [0.05, 0.1) is 6.10 Å². The van der Waals surface area contributed by atoms with E-state index in [0.29, 0.717) is 19.7 Å². The average Bonchev–Trinajstić information content (AvgIpc) is 2.25. The summed E-state index contributed by atoms with van der Waals surface area (Å²) in [5.41, 5.74) is -0.610. The van der Waals surface area contributed by atoms with Gasteiger partial charge in [-0.2, -0.15) is 0 Å². The van der Waals surface area contributed by atoms with Crippen molar-refractivity contribution < 1.29 is 17.7 Å². The third-order valence-corrected chi connectivity index (χ3v) is 2.91. The van der Waals surface area contributed by atoms with Gasteiger partial charge >= 0.3 is 6.98 Å². The highest BCUT2D eigenvalue weighted by Crippen LogP contribution is 2.21. The van der Waals surface area contributed by atoms with Gasteiger partial charge in [-0.1, -0.05) is 6.92 Å². The summed E-state index contributed by atoms with van der Waals surface area (Å²) in [7, 11) is 0. The summed E-state index contributed by atoms with van der Waals surface area (Å²) < 4.78 is 42.8. The minimum Gasteiger partial charge on any atom is -0.445 e. The monoisotopic (exact) mass is 250 g/mol. The SMILES string of the molecule is C=C(CN1CCCC(OCCC)C1)[B-](F)(F)F. The number of nitrogens with zero attached hydrogens (tertiary/aromatic N) is 1. The summed E-state index contributed by atoms with van der Waals surface area (Å²) in [5, 5.41) is 0. The predicted octanol–water partition coefficient (Wildman–Crippen LogP) is 2.82. The van der Waals surface area contributed by atoms with E-state index in [4.69, 9.17) is 4.74 Å². The van der Waals surface area contributed by atoms with Crippen LogP contribution < -0.4 is 0 Å². The van der Waals surface area contributed by atoms with Gasteiger partial charge in [0.1, 0.15) is 0 Å². The lowest BCUT2D eigenvalue weighted by Crippen LogP contribution is -2.42. The van der Waals surface area contributed by atoms with E-state index in [2.05, 4.69) is 6.58 Å². The molecule has 1 unspecified atom stereocenters. The summed E-state index contributed by atoms with van der Waals surface area (Å²) in [6.45, 7) is 2.15. The molecule has 1 aliphatic rings. The maximum absolute atomic E-state index is 12.4. The molecule has 1 rings (SSSR count). The smallest absolute Gasteiger partial charge is 0.445 e. The lowest BCUT2D eigenvalue weighted by atomic mass is 9.80. The molecule has 1 aliphatic heterocycles. The van der Waals surface area contributed by atoms with Crippen molar-refractivity contribution in [2.24, 2.45) is 0 Å². The van der Waals surface area contributed by atoms with Gasteiger partial charge in [0, 0.05) is 13.2 Å². The van der Waals surface area contributed by atoms with E-state index in [1.807, 2.05) is 6.92 Å². The van der Waals surface area contributed by atoms with Gasteiger partial charge in [-0.25, -0.2) is 0 Å². The highest BCUT2D eigenvalue weighted by atomic mass is 19.4. The molecular formula is C11H20BF3NO-. The minimum absolute atomic E-state index is 0.0739. The number of rotatable bonds is 6. The van der Waals surface area contributed by atoms with Crippen LogP contribution in [0.1, 0.15) is 26.2 Å². The molecule has 0 aromatic carbocycles. The van der Waals surface area contributed by atoms with E-state index >= 15 is 0 Å². The number of piperidine rings is 1. The van der Waals surface area contributed by atoms with Crippen LogP contribution in [0, 0.1) is 0 Å². The maximum Gasteiger partial charge on any atom is 0.506 e. The fourth-order valence-corrected chi connectivity index (χ4v) is 1.97. The molecular weight excluding hydrogens is 230 g/mol. The molecule has 100 valence electrons. The second-order valence-corrected chi connectivity index (χ2v) is 4.60. The molecule has 1 heterocycles. The molecule has 0 aromatic heterocycles. The lowest BCUT2D eigenvalue weighted by Gasteiger charge is -2.34. The number of hydrogen-bond donors (Lipinski definition) is 0. The first-order chi connectivity index (χ1) is 7.93. The third-order valence-electron chi connectivity index (χ3n) is 2.91. The first-order valence-corrected chi connectivity index (χ1v) is 6.15. The van der Waals surface area contributed by atoms with Crippen LogP contribution in [0.3, 0.4) is 0 Å². The van der Waals surface area contributed by atoms with Crippen molar-refractivity contribution in [1.82, 2.24) is 4.90 Å². The molecule has 0 spiro atoms. The average molecular weight is 250 g/mol. The molecule has 0 amide bonds. The first kappa shape index (κ1) is 14.6. The second-order valence-electron chi connectivity index (χ2n) is 4.60. The van der Waals surface area contributed by atoms with Crippen molar-refractivity contribution in [3.05, 3.63) is 12.1 Å². The molecule has 0 bridgehead atoms. The van der Waals surface area contributed by atoms with E-state index in [1.165, 1.54) is 0 Å². The van der Waals surface area contributed by atoms with Gasteiger partial charge in [-0.3, -0.25) is 4.90 Å². The zero-order valence-electron chi connectivity index (χ0n) is 10.3. The Morgan fingerprint density at radius 2 is 2.18 bits per heavy atom. The summed E-state index contributed by atoms with van der Waals surface area (Å²) in [4.78, 5) is 1.79. The Morgan fingerprint density at radius 3 is 2.76 bits per heavy atom. The minimum atomic E-state index is -4.91. The van der Waals surface area contributed by atoms with Gasteiger partial charge in [-0.15, -0.1) is 12.1 Å². The Bertz CT molecular complexity index is 258. The van der Waals surface area contributed by atoms with Crippen LogP contribution in [0.5, 0.6) is 0 Å². The van der Waals surface area contributed by atoms with Crippen LogP contribution in [-0.2, 0) is 4.74 Å². The second kappa shape index (κ2) is 6.45. The zero-order valence-corrected chi connectivity index (χ0v) is 10.3. The fraction of sp³-hybridized carbons (Fsp3) is 0.818. The van der Waals surface area contributed by atoms with Crippen LogP contribution in [0.2, 0.25) is 0 Å². The molecule has 0 saturated carbocycles. The Kier molecular flexibility index (Phi) is 5.53. The normalized spacial score (nSPS) is 22.7. The molecule has 0 aliphatic carbocycles. The molecule has 0 radical (unpaired) electrons. The molecule has 0 aromatic rings. The lowest BCUT2D eigenvalue weighted by molar-refractivity contribution is 0.00259. The van der Waals surface area contributed by atoms with Crippen molar-refractivity contribution in [2.75, 3.05) is 26.2 Å². The van der Waals surface area contributed by atoms with Gasteiger partial charge in [0.2, 0.25) is 0 Å². The van der Waals surface area contributed by atoms with Gasteiger partial charge in [-0.05, 0) is 32.4 Å². The van der Waals surface area contributed by atoms with Crippen LogP contribution in [-0.4, -0.2) is 44.2 Å². The number of halogens is 3. The van der Waals surface area contributed by atoms with Crippen molar-refractivity contribution in [1.29, 1.82) is 0 Å². The van der Waals surface area contributed by atoms with Gasteiger partial charge in [0.15, 0.2) is 0 Å². The molecule has 1 atom stereocenters. The quantitative estimate of drug-likeness (QED) is 0.672. The highest BCUT2D eigenvalue weighted by molar-refractivity contribution is 6.66. The fourth-order valence-electron chi connectivity index (χ4n) is 1.97. The summed E-state index contributed by atoms with van der Waals surface area (Å²) in [6, 6.07) is 0. The van der Waals surface area contributed by atoms with Crippen LogP contribution in [0.25, 0.3) is 0 Å². The van der Waals surface area contributed by atoms with E-state index in [1.54, 1.807) is 4.90 Å². The first-order valence-electron chi connectivity index (χ1n) is 6.15. The number of hydrogen-bond acceptors (Lipinski definition) is 2. The maximum atomic E-state index is 12.4. The van der Waals surface area contributed by atoms with Crippen molar-refractivity contribution in [2.45, 2.75) is 32.3 Å². The Labute approximate surface area is 101 Å². The van der Waals surface area contributed by atoms with Crippen molar-refractivity contribution >= 4 is 6.98 Å². The topological polar surface area (TPSA) is 12.5 Å². The molecule has 2 nitrogen and oxygen atoms in total. The Balaban J connectivity index is 2.37. The van der Waals surface area contributed by atoms with Crippen LogP contribution in [0.15, 0.2) is 12.1 Å². The Morgan fingerprint density at radius 1 is 1.47 bits per heavy atom. The molecule has 1 fully saturated rings. The van der Waals surface area contributed by atoms with Gasteiger partial charge < -0.3 is 17.7 Å². The van der Waals surface area contributed by atoms with E-state index < -0.39 is 12.4 Å². The van der Waals surface area contributed by atoms with Crippen LogP contribution >= 0.6 is 0 Å². The summed E-state index contributed by atoms with van der Waals surface area (Å²) in [5.74, 6) is 0. The Hall–Kier alpha value is -0.485. The van der Waals surface area contributed by atoms with E-state index in [-0.39, 0.29) is 12.6 Å². The number of likely N-dealkylation sites (tertiary alicyclic amines) is 1. The molecule has 0 N–H and O–H groups in total. The standard InChI is InChI=1S/C11H20BF3NO/c1-3-7-17-11-5-4-6-16(9-11)8-10(2)12(13,14)15/h11H,2-9H2,1H3/q-1. The van der Waals surface area contributed by atoms with Crippen molar-refractivity contribution in [3.63, 3.8) is 0 Å². The predicted molar refractivity (Wildman–Crippen MR) is 63.9 cm³/mol. The third kappa shape index (κ3) is 5.12. The van der Waals surface area contributed by atoms with E-state index in [0.717, 1.165) is 19.3 Å². The highest BCUT2D eigenvalue weighted by Gasteiger charge is 2.29. The van der Waals surface area contributed by atoms with Crippen molar-refractivity contribution in [3.8, 4) is 0 Å². The molecule has 6 heteroatoms. The molecule has 17 heavy (non-hydrogen) atoms. The molecule has 1 saturated heterocycles. The largest absolute Gasteiger partial charge is 0.506 e. The van der Waals surface area contributed by atoms with Gasteiger partial charge in [0.25, 0.3) is 0 Å². The summed E-state index contributed by atoms with van der Waals surface area (Å²) >= 11 is 0. The van der Waals surface area contributed by atoms with Crippen LogP contribution in [0.4, 0.5) is 12.9 Å². The number of ether oxygens (including phenoxy) is 1. The van der Waals surface area contributed by atoms with E-state index in [9.17, 15) is 12.9 Å². The summed E-state index contributed by atoms with van der Waals surface area (Å²) in [6.07, 6.45) is 2.86. The zero-order chi connectivity index (χ0) is 12.9.